The highest BCUT2D eigenvalue weighted by Crippen LogP contribution is 1.91. The van der Waals surface area contributed by atoms with E-state index in [1.165, 1.54) is 18.1 Å². The normalized spacial score (nSPS) is 10.3. The number of ether oxygens (including phenoxy) is 1. The van der Waals surface area contributed by atoms with Crippen LogP contribution >= 0.6 is 0 Å². The molecule has 0 saturated heterocycles. The van der Waals surface area contributed by atoms with Gasteiger partial charge < -0.3 is 15.2 Å². The Morgan fingerprint density at radius 1 is 1.67 bits per heavy atom. The molecule has 0 aliphatic heterocycles. The lowest BCUT2D eigenvalue weighted by atomic mass is 10.6. The van der Waals surface area contributed by atoms with E-state index in [1.807, 2.05) is 0 Å². The smallest absolute Gasteiger partial charge is 0.377 e. The summed E-state index contributed by atoms with van der Waals surface area (Å²) < 4.78 is 6.00. The highest BCUT2D eigenvalue weighted by atomic mass is 16.5. The number of methoxy groups -OCH3 is 1. The highest BCUT2D eigenvalue weighted by molar-refractivity contribution is 5.84. The molecule has 7 nitrogen and oxygen atoms in total. The van der Waals surface area contributed by atoms with E-state index >= 15 is 0 Å². The molecule has 0 radical (unpaired) electrons. The molecule has 1 rings (SSSR count). The van der Waals surface area contributed by atoms with E-state index in [-0.39, 0.29) is 12.4 Å². The third-order valence-corrected chi connectivity index (χ3v) is 1.71. The Labute approximate surface area is 87.1 Å². The molecule has 0 aliphatic carbocycles. The summed E-state index contributed by atoms with van der Waals surface area (Å²) in [6.45, 7) is 1.89. The molecule has 1 aromatic heterocycles. The molecule has 0 unspecified atom stereocenters. The monoisotopic (exact) mass is 214 g/mol. The summed E-state index contributed by atoms with van der Waals surface area (Å²) in [5.41, 5.74) is 0. The Bertz CT molecular complexity index is 313. The SMILES string of the molecule is COC(=O)c1ncn(CCNCCO)n1. The Hall–Kier alpha value is -1.47. The summed E-state index contributed by atoms with van der Waals surface area (Å²) in [6.07, 6.45) is 1.47. The first-order chi connectivity index (χ1) is 7.27. The van der Waals surface area contributed by atoms with Gasteiger partial charge in [-0.1, -0.05) is 0 Å². The lowest BCUT2D eigenvalue weighted by Crippen LogP contribution is -2.23. The van der Waals surface area contributed by atoms with Crippen LogP contribution in [0.4, 0.5) is 0 Å². The van der Waals surface area contributed by atoms with E-state index < -0.39 is 5.97 Å². The Morgan fingerprint density at radius 2 is 2.47 bits per heavy atom. The average Bonchev–Trinajstić information content (AvgIpc) is 2.72. The maximum Gasteiger partial charge on any atom is 0.377 e. The molecular weight excluding hydrogens is 200 g/mol. The number of aliphatic hydroxyl groups is 1. The Morgan fingerprint density at radius 3 is 3.13 bits per heavy atom. The third-order valence-electron chi connectivity index (χ3n) is 1.71. The van der Waals surface area contributed by atoms with Gasteiger partial charge in [-0.05, 0) is 0 Å². The summed E-state index contributed by atoms with van der Waals surface area (Å²) in [7, 11) is 1.28. The summed E-state index contributed by atoms with van der Waals surface area (Å²) >= 11 is 0. The fraction of sp³-hybridized carbons (Fsp3) is 0.625. The molecular formula is C8H14N4O3. The molecule has 0 amide bonds. The minimum atomic E-state index is -0.544. The molecule has 15 heavy (non-hydrogen) atoms. The van der Waals surface area contributed by atoms with Crippen molar-refractivity contribution in [2.24, 2.45) is 0 Å². The van der Waals surface area contributed by atoms with E-state index in [9.17, 15) is 4.79 Å². The highest BCUT2D eigenvalue weighted by Gasteiger charge is 2.10. The summed E-state index contributed by atoms with van der Waals surface area (Å²) in [5, 5.41) is 15.4. The van der Waals surface area contributed by atoms with Gasteiger partial charge in [0.05, 0.1) is 20.3 Å². The second-order valence-corrected chi connectivity index (χ2v) is 2.80. The van der Waals surface area contributed by atoms with Gasteiger partial charge >= 0.3 is 5.97 Å². The number of nitrogens with one attached hydrogen (secondary N) is 1. The molecule has 0 saturated carbocycles. The number of nitrogens with zero attached hydrogens (tertiary/aromatic N) is 3. The van der Waals surface area contributed by atoms with Gasteiger partial charge in [0.25, 0.3) is 5.82 Å². The number of carbonyl (C=O) groups excluding carboxylic acids is 1. The van der Waals surface area contributed by atoms with Crippen LogP contribution in [0.2, 0.25) is 0 Å². The number of carbonyl (C=O) groups is 1. The fourth-order valence-electron chi connectivity index (χ4n) is 0.985. The zero-order valence-corrected chi connectivity index (χ0v) is 8.51. The molecule has 0 bridgehead atoms. The van der Waals surface area contributed by atoms with Gasteiger partial charge in [0, 0.05) is 13.1 Å². The minimum Gasteiger partial charge on any atom is -0.463 e. The molecule has 84 valence electrons. The summed E-state index contributed by atoms with van der Waals surface area (Å²) in [6, 6.07) is 0. The van der Waals surface area contributed by atoms with Crippen molar-refractivity contribution >= 4 is 5.97 Å². The number of rotatable bonds is 6. The second kappa shape index (κ2) is 6.10. The van der Waals surface area contributed by atoms with Crippen LogP contribution in [-0.2, 0) is 11.3 Å². The number of aliphatic hydroxyl groups excluding tert-OH is 1. The summed E-state index contributed by atoms with van der Waals surface area (Å²) in [5.74, 6) is -0.489. The standard InChI is InChI=1S/C8H14N4O3/c1-15-8(14)7-10-6-12(11-7)4-2-9-3-5-13/h6,9,13H,2-5H2,1H3. The molecule has 0 aromatic carbocycles. The first kappa shape index (κ1) is 11.6. The second-order valence-electron chi connectivity index (χ2n) is 2.80. The van der Waals surface area contributed by atoms with Crippen molar-refractivity contribution in [1.29, 1.82) is 0 Å². The van der Waals surface area contributed by atoms with Gasteiger partial charge in [0.1, 0.15) is 6.33 Å². The Kier molecular flexibility index (Phi) is 4.72. The van der Waals surface area contributed by atoms with Crippen LogP contribution in [0, 0.1) is 0 Å². The first-order valence-corrected chi connectivity index (χ1v) is 4.57. The Balaban J connectivity index is 2.36. The quantitative estimate of drug-likeness (QED) is 0.449. The van der Waals surface area contributed by atoms with Crippen LogP contribution in [0.15, 0.2) is 6.33 Å². The topological polar surface area (TPSA) is 89.3 Å². The number of aromatic nitrogens is 3. The van der Waals surface area contributed by atoms with E-state index in [0.29, 0.717) is 19.6 Å². The number of esters is 1. The molecule has 1 heterocycles. The maximum atomic E-state index is 11.0. The van der Waals surface area contributed by atoms with Gasteiger partial charge in [0.2, 0.25) is 0 Å². The van der Waals surface area contributed by atoms with Crippen LogP contribution in [0.3, 0.4) is 0 Å². The first-order valence-electron chi connectivity index (χ1n) is 4.57. The van der Waals surface area contributed by atoms with Gasteiger partial charge in [0.15, 0.2) is 0 Å². The largest absolute Gasteiger partial charge is 0.463 e. The van der Waals surface area contributed by atoms with E-state index in [2.05, 4.69) is 20.1 Å². The van der Waals surface area contributed by atoms with E-state index in [4.69, 9.17) is 5.11 Å². The predicted molar refractivity (Wildman–Crippen MR) is 51.3 cm³/mol. The lowest BCUT2D eigenvalue weighted by Gasteiger charge is -2.01. The zero-order valence-electron chi connectivity index (χ0n) is 8.51. The maximum absolute atomic E-state index is 11.0. The molecule has 2 N–H and O–H groups in total. The van der Waals surface area contributed by atoms with Crippen molar-refractivity contribution in [2.45, 2.75) is 6.54 Å². The van der Waals surface area contributed by atoms with Crippen molar-refractivity contribution in [3.05, 3.63) is 12.2 Å². The number of hydrogen-bond acceptors (Lipinski definition) is 6. The molecule has 0 spiro atoms. The van der Waals surface area contributed by atoms with Crippen LogP contribution < -0.4 is 5.32 Å². The lowest BCUT2D eigenvalue weighted by molar-refractivity contribution is 0.0586. The molecule has 0 fully saturated rings. The predicted octanol–water partition coefficient (Wildman–Crippen LogP) is -1.35. The van der Waals surface area contributed by atoms with Crippen molar-refractivity contribution in [3.63, 3.8) is 0 Å². The van der Waals surface area contributed by atoms with Gasteiger partial charge in [-0.15, -0.1) is 5.10 Å². The van der Waals surface area contributed by atoms with Gasteiger partial charge in [-0.25, -0.2) is 9.78 Å². The van der Waals surface area contributed by atoms with Crippen molar-refractivity contribution in [2.75, 3.05) is 26.8 Å². The number of hydrogen-bond donors (Lipinski definition) is 2. The van der Waals surface area contributed by atoms with Crippen LogP contribution in [-0.4, -0.2) is 52.6 Å². The van der Waals surface area contributed by atoms with Crippen molar-refractivity contribution < 1.29 is 14.6 Å². The van der Waals surface area contributed by atoms with Crippen molar-refractivity contribution in [1.82, 2.24) is 20.1 Å². The molecule has 7 heteroatoms. The van der Waals surface area contributed by atoms with Crippen molar-refractivity contribution in [3.8, 4) is 0 Å². The fourth-order valence-corrected chi connectivity index (χ4v) is 0.985. The van der Waals surface area contributed by atoms with Crippen LogP contribution in [0.1, 0.15) is 10.6 Å². The molecule has 0 aliphatic rings. The minimum absolute atomic E-state index is 0.0552. The zero-order chi connectivity index (χ0) is 11.1. The molecule has 0 atom stereocenters. The van der Waals surface area contributed by atoms with E-state index in [0.717, 1.165) is 0 Å². The van der Waals surface area contributed by atoms with Crippen LogP contribution in [0.5, 0.6) is 0 Å². The van der Waals surface area contributed by atoms with Gasteiger partial charge in [-0.3, -0.25) is 4.68 Å². The third kappa shape index (κ3) is 3.64. The van der Waals surface area contributed by atoms with E-state index in [1.54, 1.807) is 0 Å². The van der Waals surface area contributed by atoms with Crippen LogP contribution in [0.25, 0.3) is 0 Å². The summed E-state index contributed by atoms with van der Waals surface area (Å²) in [4.78, 5) is 14.8. The van der Waals surface area contributed by atoms with Gasteiger partial charge in [-0.2, -0.15) is 0 Å². The molecule has 1 aromatic rings. The average molecular weight is 214 g/mol.